The number of hydrogen-bond donors (Lipinski definition) is 1. The number of halogens is 2. The smallest absolute Gasteiger partial charge is 0.127 e. The molecule has 0 saturated heterocycles. The predicted molar refractivity (Wildman–Crippen MR) is 80.8 cm³/mol. The fraction of sp³-hybridized carbons (Fsp3) is 0.625. The maximum absolute atomic E-state index is 13.9. The molecule has 0 amide bonds. The molecule has 1 N–H and O–H groups in total. The van der Waals surface area contributed by atoms with Crippen molar-refractivity contribution in [1.82, 2.24) is 4.84 Å². The summed E-state index contributed by atoms with van der Waals surface area (Å²) >= 11 is 5.36. The third-order valence-corrected chi connectivity index (χ3v) is 4.11. The lowest BCUT2D eigenvalue weighted by molar-refractivity contribution is 0.208. The SMILES string of the molecule is FC(CCNCl)c1cccc(OCC2CCCCC2)c1. The van der Waals surface area contributed by atoms with Gasteiger partial charge < -0.3 is 4.74 Å². The molecule has 4 heteroatoms. The topological polar surface area (TPSA) is 21.3 Å². The summed E-state index contributed by atoms with van der Waals surface area (Å²) in [5.41, 5.74) is 0.665. The van der Waals surface area contributed by atoms with Crippen LogP contribution < -0.4 is 9.57 Å². The van der Waals surface area contributed by atoms with Crippen molar-refractivity contribution >= 4 is 11.8 Å². The highest BCUT2D eigenvalue weighted by molar-refractivity contribution is 6.13. The Morgan fingerprint density at radius 3 is 2.85 bits per heavy atom. The normalized spacial score (nSPS) is 17.9. The van der Waals surface area contributed by atoms with E-state index >= 15 is 0 Å². The largest absolute Gasteiger partial charge is 0.493 e. The molecule has 1 aliphatic carbocycles. The molecule has 0 bridgehead atoms. The minimum absolute atomic E-state index is 0.371. The molecule has 112 valence electrons. The van der Waals surface area contributed by atoms with Crippen molar-refractivity contribution in [2.75, 3.05) is 13.2 Å². The maximum Gasteiger partial charge on any atom is 0.127 e. The van der Waals surface area contributed by atoms with Crippen molar-refractivity contribution < 1.29 is 9.13 Å². The zero-order valence-electron chi connectivity index (χ0n) is 11.8. The second-order valence-electron chi connectivity index (χ2n) is 5.53. The van der Waals surface area contributed by atoms with Crippen LogP contribution in [0.15, 0.2) is 24.3 Å². The standard InChI is InChI=1S/C16H23ClFNO/c17-19-10-9-16(18)14-7-4-8-15(11-14)20-12-13-5-2-1-3-6-13/h4,7-8,11,13,16,19H,1-3,5-6,9-10,12H2. The first-order chi connectivity index (χ1) is 9.79. The van der Waals surface area contributed by atoms with Crippen LogP contribution in [0, 0.1) is 5.92 Å². The molecule has 0 aliphatic heterocycles. The van der Waals surface area contributed by atoms with Crippen LogP contribution in [0.2, 0.25) is 0 Å². The van der Waals surface area contributed by atoms with Crippen LogP contribution in [0.1, 0.15) is 50.3 Å². The quantitative estimate of drug-likeness (QED) is 0.731. The molecule has 1 unspecified atom stereocenters. The Morgan fingerprint density at radius 1 is 1.30 bits per heavy atom. The van der Waals surface area contributed by atoms with Gasteiger partial charge in [0.05, 0.1) is 6.61 Å². The van der Waals surface area contributed by atoms with Gasteiger partial charge in [0, 0.05) is 6.54 Å². The summed E-state index contributed by atoms with van der Waals surface area (Å²) in [7, 11) is 0. The van der Waals surface area contributed by atoms with Crippen LogP contribution in [0.25, 0.3) is 0 Å². The first-order valence-corrected chi connectivity index (χ1v) is 7.87. The van der Waals surface area contributed by atoms with E-state index in [4.69, 9.17) is 16.5 Å². The molecule has 1 fully saturated rings. The van der Waals surface area contributed by atoms with Gasteiger partial charge in [-0.25, -0.2) is 9.23 Å². The van der Waals surface area contributed by atoms with Gasteiger partial charge in [-0.1, -0.05) is 31.4 Å². The van der Waals surface area contributed by atoms with E-state index in [1.165, 1.54) is 32.1 Å². The molecule has 0 radical (unpaired) electrons. The molecule has 0 aromatic heterocycles. The van der Waals surface area contributed by atoms with Crippen LogP contribution in [-0.2, 0) is 0 Å². The summed E-state index contributed by atoms with van der Waals surface area (Å²) < 4.78 is 19.8. The third-order valence-electron chi connectivity index (χ3n) is 3.92. The molecule has 2 rings (SSSR count). The summed E-state index contributed by atoms with van der Waals surface area (Å²) in [4.78, 5) is 2.45. The first kappa shape index (κ1) is 15.6. The van der Waals surface area contributed by atoms with Gasteiger partial charge in [-0.2, -0.15) is 0 Å². The Hall–Kier alpha value is -0.800. The van der Waals surface area contributed by atoms with Crippen molar-refractivity contribution in [2.45, 2.75) is 44.7 Å². The van der Waals surface area contributed by atoms with E-state index in [0.717, 1.165) is 12.4 Å². The Labute approximate surface area is 125 Å². The fourth-order valence-electron chi connectivity index (χ4n) is 2.71. The van der Waals surface area contributed by atoms with Gasteiger partial charge >= 0.3 is 0 Å². The van der Waals surface area contributed by atoms with Crippen LogP contribution >= 0.6 is 11.8 Å². The van der Waals surface area contributed by atoms with Crippen molar-refractivity contribution in [1.29, 1.82) is 0 Å². The average molecular weight is 300 g/mol. The predicted octanol–water partition coefficient (Wildman–Crippen LogP) is 4.79. The molecule has 1 aromatic carbocycles. The highest BCUT2D eigenvalue weighted by atomic mass is 35.5. The van der Waals surface area contributed by atoms with E-state index < -0.39 is 6.17 Å². The van der Waals surface area contributed by atoms with E-state index in [2.05, 4.69) is 4.84 Å². The first-order valence-electron chi connectivity index (χ1n) is 7.50. The lowest BCUT2D eigenvalue weighted by Gasteiger charge is -2.21. The van der Waals surface area contributed by atoms with Gasteiger partial charge in [-0.3, -0.25) is 0 Å². The van der Waals surface area contributed by atoms with Crippen molar-refractivity contribution in [3.05, 3.63) is 29.8 Å². The third kappa shape index (κ3) is 4.95. The second-order valence-corrected chi connectivity index (χ2v) is 5.79. The summed E-state index contributed by atoms with van der Waals surface area (Å²) in [6.45, 7) is 1.21. The number of hydrogen-bond acceptors (Lipinski definition) is 2. The summed E-state index contributed by atoms with van der Waals surface area (Å²) in [5, 5.41) is 0. The molecule has 1 aliphatic rings. The molecule has 2 nitrogen and oxygen atoms in total. The van der Waals surface area contributed by atoms with Gasteiger partial charge in [-0.15, -0.1) is 0 Å². The second kappa shape index (κ2) is 8.48. The van der Waals surface area contributed by atoms with Crippen LogP contribution in [0.4, 0.5) is 4.39 Å². The summed E-state index contributed by atoms with van der Waals surface area (Å²) in [6.07, 6.45) is 5.86. The van der Waals surface area contributed by atoms with Crippen LogP contribution in [0.3, 0.4) is 0 Å². The molecule has 20 heavy (non-hydrogen) atoms. The fourth-order valence-corrected chi connectivity index (χ4v) is 2.82. The van der Waals surface area contributed by atoms with E-state index in [-0.39, 0.29) is 0 Å². The number of benzene rings is 1. The Bertz CT molecular complexity index is 396. The Kier molecular flexibility index (Phi) is 6.61. The van der Waals surface area contributed by atoms with Crippen molar-refractivity contribution in [3.63, 3.8) is 0 Å². The molecule has 1 saturated carbocycles. The highest BCUT2D eigenvalue weighted by Crippen LogP contribution is 2.27. The minimum atomic E-state index is -1.00. The van der Waals surface area contributed by atoms with Gasteiger partial charge in [-0.05, 0) is 54.7 Å². The molecule has 0 spiro atoms. The van der Waals surface area contributed by atoms with Crippen LogP contribution in [0.5, 0.6) is 5.75 Å². The molecular formula is C16H23ClFNO. The van der Waals surface area contributed by atoms with Gasteiger partial charge in [0.15, 0.2) is 0 Å². The van der Waals surface area contributed by atoms with Crippen molar-refractivity contribution in [3.8, 4) is 5.75 Å². The molecule has 1 atom stereocenters. The number of ether oxygens (including phenoxy) is 1. The zero-order valence-corrected chi connectivity index (χ0v) is 12.5. The summed E-state index contributed by atoms with van der Waals surface area (Å²) in [5.74, 6) is 1.43. The van der Waals surface area contributed by atoms with E-state index in [9.17, 15) is 4.39 Å². The van der Waals surface area contributed by atoms with Crippen LogP contribution in [-0.4, -0.2) is 13.2 Å². The Morgan fingerprint density at radius 2 is 2.10 bits per heavy atom. The lowest BCUT2D eigenvalue weighted by atomic mass is 9.90. The lowest BCUT2D eigenvalue weighted by Crippen LogP contribution is -2.15. The summed E-state index contributed by atoms with van der Waals surface area (Å²) in [6, 6.07) is 7.36. The number of nitrogens with one attached hydrogen (secondary N) is 1. The van der Waals surface area contributed by atoms with Gasteiger partial charge in [0.2, 0.25) is 0 Å². The van der Waals surface area contributed by atoms with Crippen molar-refractivity contribution in [2.24, 2.45) is 5.92 Å². The maximum atomic E-state index is 13.9. The van der Waals surface area contributed by atoms with E-state index in [0.29, 0.717) is 24.4 Å². The number of alkyl halides is 1. The average Bonchev–Trinajstić information content (AvgIpc) is 2.52. The number of rotatable bonds is 7. The van der Waals surface area contributed by atoms with E-state index in [1.54, 1.807) is 6.07 Å². The van der Waals surface area contributed by atoms with Gasteiger partial charge in [0.1, 0.15) is 11.9 Å². The Balaban J connectivity index is 1.85. The molecular weight excluding hydrogens is 277 g/mol. The monoisotopic (exact) mass is 299 g/mol. The molecule has 1 aromatic rings. The minimum Gasteiger partial charge on any atom is -0.493 e. The van der Waals surface area contributed by atoms with Gasteiger partial charge in [0.25, 0.3) is 0 Å². The highest BCUT2D eigenvalue weighted by Gasteiger charge is 2.15. The van der Waals surface area contributed by atoms with E-state index in [1.807, 2.05) is 18.2 Å². The zero-order chi connectivity index (χ0) is 14.2. The molecule has 0 heterocycles.